The van der Waals surface area contributed by atoms with Gasteiger partial charge in [0.15, 0.2) is 11.2 Å². The highest BCUT2D eigenvalue weighted by Crippen LogP contribution is 2.23. The molecule has 220 valence electrons. The van der Waals surface area contributed by atoms with E-state index in [2.05, 4.69) is 28.7 Å². The number of fused-ring (bicyclic) bond motifs is 1. The number of aromatic nitrogens is 4. The lowest BCUT2D eigenvalue weighted by molar-refractivity contribution is 0.0499. The standard InChI is InChI=1S/C27H39N7O4.C2H6/c1-8-11-16-33-21-22(31(7)26(37)34(23(21)35)18-19(13-9-2)28-10-3)30-24(33)32-15-12-14-20(17-32)29-25(36)38-27(4,5)6;1-2/h9,20H,2,10,12-18H2,1,3-7H3,(H,29,36);1-2H3. The van der Waals surface area contributed by atoms with E-state index in [4.69, 9.17) is 9.72 Å². The predicted octanol–water partition coefficient (Wildman–Crippen LogP) is 3.48. The maximum atomic E-state index is 13.7. The second-order valence-electron chi connectivity index (χ2n) is 10.3. The van der Waals surface area contributed by atoms with Crippen molar-refractivity contribution in [1.82, 2.24) is 24.0 Å². The molecule has 1 N–H and O–H groups in total. The topological polar surface area (TPSA) is 116 Å². The highest BCUT2D eigenvalue weighted by atomic mass is 16.6. The van der Waals surface area contributed by atoms with E-state index in [0.717, 1.165) is 12.8 Å². The second-order valence-corrected chi connectivity index (χ2v) is 10.3. The van der Waals surface area contributed by atoms with Gasteiger partial charge in [0.05, 0.1) is 13.1 Å². The van der Waals surface area contributed by atoms with Gasteiger partial charge in [-0.15, -0.1) is 12.5 Å². The van der Waals surface area contributed by atoms with Crippen molar-refractivity contribution in [3.63, 3.8) is 0 Å². The molecule has 1 saturated heterocycles. The summed E-state index contributed by atoms with van der Waals surface area (Å²) in [5.41, 5.74) is -0.189. The predicted molar refractivity (Wildman–Crippen MR) is 161 cm³/mol. The van der Waals surface area contributed by atoms with Gasteiger partial charge < -0.3 is 15.0 Å². The Morgan fingerprint density at radius 1 is 1.27 bits per heavy atom. The first-order chi connectivity index (χ1) is 19.0. The van der Waals surface area contributed by atoms with E-state index in [-0.39, 0.29) is 19.1 Å². The van der Waals surface area contributed by atoms with Crippen LogP contribution < -0.4 is 21.5 Å². The number of aliphatic imine (C=N–C) groups is 1. The van der Waals surface area contributed by atoms with Crippen LogP contribution in [0.25, 0.3) is 11.2 Å². The van der Waals surface area contributed by atoms with Crippen LogP contribution in [0.3, 0.4) is 0 Å². The van der Waals surface area contributed by atoms with Gasteiger partial charge in [-0.25, -0.2) is 9.59 Å². The fraction of sp³-hybridized carbons (Fsp3) is 0.621. The number of amides is 1. The average Bonchev–Trinajstić information content (AvgIpc) is 3.29. The molecule has 0 radical (unpaired) electrons. The van der Waals surface area contributed by atoms with E-state index in [1.165, 1.54) is 9.13 Å². The SMILES string of the molecule is C=CCC(Cn1c(=O)c2c(nc(N3CCCC(NC(=O)OC(C)(C)C)C3)n2CC#CC)n(C)c1=O)=NCC.CC. The van der Waals surface area contributed by atoms with Crippen molar-refractivity contribution in [2.75, 3.05) is 24.5 Å². The first-order valence-corrected chi connectivity index (χ1v) is 14.0. The molecule has 2 aromatic rings. The first-order valence-electron chi connectivity index (χ1n) is 14.0. The Morgan fingerprint density at radius 3 is 2.58 bits per heavy atom. The van der Waals surface area contributed by atoms with Crippen LogP contribution in [0.15, 0.2) is 27.2 Å². The van der Waals surface area contributed by atoms with Crippen molar-refractivity contribution in [2.45, 2.75) is 92.5 Å². The highest BCUT2D eigenvalue weighted by Gasteiger charge is 2.29. The van der Waals surface area contributed by atoms with Crippen LogP contribution >= 0.6 is 0 Å². The quantitative estimate of drug-likeness (QED) is 0.303. The molecule has 1 atom stereocenters. The number of allylic oxidation sites excluding steroid dienone is 1. The van der Waals surface area contributed by atoms with E-state index >= 15 is 0 Å². The molecule has 2 aromatic heterocycles. The van der Waals surface area contributed by atoms with Gasteiger partial charge in [0.25, 0.3) is 5.56 Å². The molecule has 0 spiro atoms. The number of carbonyl (C=O) groups excluding carboxylic acids is 1. The molecule has 3 rings (SSSR count). The number of ether oxygens (including phenoxy) is 1. The maximum absolute atomic E-state index is 13.7. The number of piperidine rings is 1. The van der Waals surface area contributed by atoms with Crippen LogP contribution in [0, 0.1) is 11.8 Å². The van der Waals surface area contributed by atoms with Gasteiger partial charge in [-0.3, -0.25) is 23.5 Å². The smallest absolute Gasteiger partial charge is 0.407 e. The summed E-state index contributed by atoms with van der Waals surface area (Å²) in [6, 6.07) is -0.156. The Bertz CT molecular complexity index is 1400. The zero-order chi connectivity index (χ0) is 30.0. The molecule has 40 heavy (non-hydrogen) atoms. The summed E-state index contributed by atoms with van der Waals surface area (Å²) in [5, 5.41) is 2.95. The minimum atomic E-state index is -0.594. The average molecular weight is 556 g/mol. The summed E-state index contributed by atoms with van der Waals surface area (Å²) in [4.78, 5) is 50.6. The van der Waals surface area contributed by atoms with Gasteiger partial charge in [-0.2, -0.15) is 4.98 Å². The van der Waals surface area contributed by atoms with Crippen molar-refractivity contribution < 1.29 is 9.53 Å². The van der Waals surface area contributed by atoms with E-state index < -0.39 is 22.9 Å². The summed E-state index contributed by atoms with van der Waals surface area (Å²) in [6.07, 6.45) is 3.32. The number of anilines is 1. The van der Waals surface area contributed by atoms with Crippen LogP contribution in [0.4, 0.5) is 10.7 Å². The number of nitrogens with one attached hydrogen (secondary N) is 1. The number of alkyl carbamates (subject to hydrolysis) is 1. The summed E-state index contributed by atoms with van der Waals surface area (Å²) < 4.78 is 9.79. The van der Waals surface area contributed by atoms with Gasteiger partial charge in [-0.05, 0) is 47.5 Å². The second kappa shape index (κ2) is 14.5. The lowest BCUT2D eigenvalue weighted by Crippen LogP contribution is -2.49. The lowest BCUT2D eigenvalue weighted by atomic mass is 10.1. The monoisotopic (exact) mass is 555 g/mol. The van der Waals surface area contributed by atoms with Crippen molar-refractivity contribution in [2.24, 2.45) is 12.0 Å². The Balaban J connectivity index is 0.00000274. The van der Waals surface area contributed by atoms with Crippen molar-refractivity contribution in [3.8, 4) is 11.8 Å². The zero-order valence-electron chi connectivity index (χ0n) is 25.3. The number of hydrogen-bond donors (Lipinski definition) is 1. The number of imidazole rings is 1. The Kier molecular flexibility index (Phi) is 11.8. The molecule has 3 heterocycles. The summed E-state index contributed by atoms with van der Waals surface area (Å²) in [5.74, 6) is 6.46. The molecular formula is C29H45N7O4. The summed E-state index contributed by atoms with van der Waals surface area (Å²) >= 11 is 0. The van der Waals surface area contributed by atoms with Crippen LogP contribution in [-0.4, -0.2) is 61.8 Å². The van der Waals surface area contributed by atoms with Gasteiger partial charge in [0.1, 0.15) is 5.60 Å². The molecule has 0 aliphatic carbocycles. The molecule has 0 bridgehead atoms. The normalized spacial score (nSPS) is 15.6. The third-order valence-corrected chi connectivity index (χ3v) is 6.15. The number of hydrogen-bond acceptors (Lipinski definition) is 7. The zero-order valence-corrected chi connectivity index (χ0v) is 25.3. The Morgan fingerprint density at radius 2 is 1.98 bits per heavy atom. The molecule has 1 aliphatic rings. The Hall–Kier alpha value is -3.81. The van der Waals surface area contributed by atoms with Crippen LogP contribution in [-0.2, 0) is 24.9 Å². The number of carbonyl (C=O) groups is 1. The summed E-state index contributed by atoms with van der Waals surface area (Å²) in [6.45, 7) is 18.9. The third-order valence-electron chi connectivity index (χ3n) is 6.15. The molecule has 0 saturated carbocycles. The van der Waals surface area contributed by atoms with Gasteiger partial charge in [-0.1, -0.05) is 25.8 Å². The number of aryl methyl sites for hydroxylation is 1. The van der Waals surface area contributed by atoms with Crippen molar-refractivity contribution >= 4 is 28.9 Å². The lowest BCUT2D eigenvalue weighted by Gasteiger charge is -2.34. The van der Waals surface area contributed by atoms with E-state index in [1.54, 1.807) is 24.6 Å². The van der Waals surface area contributed by atoms with E-state index in [1.807, 2.05) is 46.4 Å². The molecule has 0 aromatic carbocycles. The fourth-order valence-electron chi connectivity index (χ4n) is 4.55. The number of rotatable bonds is 8. The molecular weight excluding hydrogens is 510 g/mol. The molecule has 11 nitrogen and oxygen atoms in total. The third kappa shape index (κ3) is 7.87. The molecule has 11 heteroatoms. The van der Waals surface area contributed by atoms with Crippen molar-refractivity contribution in [3.05, 3.63) is 33.5 Å². The first kappa shape index (κ1) is 32.4. The minimum absolute atomic E-state index is 0.0763. The van der Waals surface area contributed by atoms with Gasteiger partial charge >= 0.3 is 11.8 Å². The van der Waals surface area contributed by atoms with E-state index in [9.17, 15) is 14.4 Å². The van der Waals surface area contributed by atoms with Crippen molar-refractivity contribution in [1.29, 1.82) is 0 Å². The summed E-state index contributed by atoms with van der Waals surface area (Å²) in [7, 11) is 1.61. The van der Waals surface area contributed by atoms with E-state index in [0.29, 0.717) is 48.9 Å². The highest BCUT2D eigenvalue weighted by molar-refractivity contribution is 5.86. The van der Waals surface area contributed by atoms with Gasteiger partial charge in [0, 0.05) is 44.9 Å². The molecule has 1 aliphatic heterocycles. The van der Waals surface area contributed by atoms with Crippen LogP contribution in [0.2, 0.25) is 0 Å². The van der Waals surface area contributed by atoms with Crippen LogP contribution in [0.5, 0.6) is 0 Å². The van der Waals surface area contributed by atoms with Crippen LogP contribution in [0.1, 0.15) is 67.7 Å². The minimum Gasteiger partial charge on any atom is -0.444 e. The molecule has 1 unspecified atom stereocenters. The van der Waals surface area contributed by atoms with Gasteiger partial charge in [0.2, 0.25) is 5.95 Å². The molecule has 1 fully saturated rings. The number of nitrogens with zero attached hydrogens (tertiary/aromatic N) is 6. The Labute approximate surface area is 236 Å². The largest absolute Gasteiger partial charge is 0.444 e. The molecule has 1 amide bonds. The maximum Gasteiger partial charge on any atom is 0.407 e. The fourth-order valence-corrected chi connectivity index (χ4v) is 4.55.